The van der Waals surface area contributed by atoms with Crippen LogP contribution in [-0.4, -0.2) is 115 Å². The van der Waals surface area contributed by atoms with Crippen molar-refractivity contribution in [3.63, 3.8) is 0 Å². The zero-order valence-corrected chi connectivity index (χ0v) is 19.3. The van der Waals surface area contributed by atoms with Gasteiger partial charge in [0, 0.05) is 13.1 Å². The lowest BCUT2D eigenvalue weighted by atomic mass is 10.3. The predicted molar refractivity (Wildman–Crippen MR) is 115 cm³/mol. The van der Waals surface area contributed by atoms with Gasteiger partial charge in [0.15, 0.2) is 0 Å². The quantitative estimate of drug-likeness (QED) is 0.292. The van der Waals surface area contributed by atoms with E-state index in [2.05, 4.69) is 21.3 Å². The molecular formula is C20H36N4O9. The monoisotopic (exact) mass is 476 g/mol. The van der Waals surface area contributed by atoms with Gasteiger partial charge in [-0.25, -0.2) is 0 Å². The molecule has 0 aromatic rings. The normalized spacial score (nSPS) is 25.6. The zero-order chi connectivity index (χ0) is 24.3. The van der Waals surface area contributed by atoms with Gasteiger partial charge in [0.2, 0.25) is 23.6 Å². The topological polar surface area (TPSA) is 163 Å². The Morgan fingerprint density at radius 1 is 0.545 bits per heavy atom. The first-order valence-corrected chi connectivity index (χ1v) is 10.9. The van der Waals surface area contributed by atoms with E-state index < -0.39 is 23.9 Å². The van der Waals surface area contributed by atoms with Gasteiger partial charge in [0.1, 0.15) is 25.3 Å². The van der Waals surface area contributed by atoms with Crippen LogP contribution in [0.25, 0.3) is 0 Å². The lowest BCUT2D eigenvalue weighted by Gasteiger charge is -2.15. The van der Waals surface area contributed by atoms with Crippen molar-refractivity contribution in [2.75, 3.05) is 79.2 Å². The molecule has 4 amide bonds. The van der Waals surface area contributed by atoms with Crippen LogP contribution in [-0.2, 0) is 42.9 Å². The van der Waals surface area contributed by atoms with Gasteiger partial charge in [0.25, 0.3) is 0 Å². The highest BCUT2D eigenvalue weighted by atomic mass is 16.5. The fourth-order valence-electron chi connectivity index (χ4n) is 2.49. The van der Waals surface area contributed by atoms with Crippen molar-refractivity contribution in [1.29, 1.82) is 0 Å². The number of rotatable bonds is 0. The fraction of sp³-hybridized carbons (Fsp3) is 0.800. The Hall–Kier alpha value is -2.32. The Labute approximate surface area is 193 Å². The third-order valence-electron chi connectivity index (χ3n) is 4.22. The average Bonchev–Trinajstić information content (AvgIpc) is 2.78. The summed E-state index contributed by atoms with van der Waals surface area (Å²) < 4.78 is 26.4. The van der Waals surface area contributed by atoms with Crippen molar-refractivity contribution in [3.8, 4) is 0 Å². The molecule has 1 aliphatic rings. The van der Waals surface area contributed by atoms with Crippen LogP contribution in [0.4, 0.5) is 0 Å². The van der Waals surface area contributed by atoms with Gasteiger partial charge in [-0.2, -0.15) is 0 Å². The van der Waals surface area contributed by atoms with Crippen molar-refractivity contribution < 1.29 is 42.9 Å². The molecule has 4 N–H and O–H groups in total. The van der Waals surface area contributed by atoms with Crippen molar-refractivity contribution >= 4 is 23.6 Å². The average molecular weight is 477 g/mol. The second kappa shape index (κ2) is 18.1. The summed E-state index contributed by atoms with van der Waals surface area (Å²) in [5.74, 6) is -1.58. The third-order valence-corrected chi connectivity index (χ3v) is 4.22. The van der Waals surface area contributed by atoms with Crippen molar-refractivity contribution in [3.05, 3.63) is 0 Å². The van der Waals surface area contributed by atoms with E-state index in [1.54, 1.807) is 13.8 Å². The van der Waals surface area contributed by atoms with Gasteiger partial charge < -0.3 is 45.0 Å². The maximum atomic E-state index is 12.0. The highest BCUT2D eigenvalue weighted by molar-refractivity contribution is 5.88. The fourth-order valence-corrected chi connectivity index (χ4v) is 2.49. The first-order valence-electron chi connectivity index (χ1n) is 10.9. The molecular weight excluding hydrogens is 440 g/mol. The van der Waals surface area contributed by atoms with E-state index in [0.717, 1.165) is 0 Å². The van der Waals surface area contributed by atoms with Gasteiger partial charge in [-0.1, -0.05) is 0 Å². The molecule has 1 heterocycles. The highest BCUT2D eigenvalue weighted by Crippen LogP contribution is 1.88. The molecule has 190 valence electrons. The van der Waals surface area contributed by atoms with Gasteiger partial charge >= 0.3 is 0 Å². The van der Waals surface area contributed by atoms with E-state index in [1.807, 2.05) is 0 Å². The van der Waals surface area contributed by atoms with Gasteiger partial charge in [-0.05, 0) is 13.8 Å². The Kier molecular flexibility index (Phi) is 15.8. The van der Waals surface area contributed by atoms with E-state index in [-0.39, 0.29) is 38.2 Å². The van der Waals surface area contributed by atoms with E-state index in [0.29, 0.717) is 52.7 Å². The molecule has 0 bridgehead atoms. The number of carbonyl (C=O) groups is 4. The predicted octanol–water partition coefficient (Wildman–Crippen LogP) is -2.68. The van der Waals surface area contributed by atoms with E-state index in [9.17, 15) is 19.2 Å². The molecule has 1 rings (SSSR count). The minimum Gasteiger partial charge on any atom is -0.377 e. The number of hydrogen-bond acceptors (Lipinski definition) is 9. The summed E-state index contributed by atoms with van der Waals surface area (Å²) in [6.45, 7) is 5.48. The standard InChI is InChI=1S/C20H36N4O9/c1-15-19(27)21-3-5-29-7-9-31-10-8-30-6-4-22-20(28)16(2)24-18(26)14-33-12-11-32-13-17(25)23-15/h15-16H,3-14H2,1-2H3,(H,21,27)(H,22,28)(H,23,25)(H,24,26)/t15-,16-/m0/s1. The lowest BCUT2D eigenvalue weighted by Crippen LogP contribution is -2.47. The number of ether oxygens (including phenoxy) is 5. The van der Waals surface area contributed by atoms with Crippen LogP contribution >= 0.6 is 0 Å². The summed E-state index contributed by atoms with van der Waals surface area (Å²) in [4.78, 5) is 47.6. The Morgan fingerprint density at radius 3 is 1.27 bits per heavy atom. The van der Waals surface area contributed by atoms with Crippen LogP contribution in [0.5, 0.6) is 0 Å². The van der Waals surface area contributed by atoms with Gasteiger partial charge in [-0.3, -0.25) is 19.2 Å². The molecule has 0 saturated carbocycles. The minimum absolute atomic E-state index is 0.0817. The third kappa shape index (κ3) is 15.2. The van der Waals surface area contributed by atoms with Gasteiger partial charge in [-0.15, -0.1) is 0 Å². The first kappa shape index (κ1) is 28.7. The Balaban J connectivity index is 2.40. The second-order valence-corrected chi connectivity index (χ2v) is 7.10. The molecule has 0 aromatic heterocycles. The molecule has 33 heavy (non-hydrogen) atoms. The lowest BCUT2D eigenvalue weighted by molar-refractivity contribution is -0.133. The van der Waals surface area contributed by atoms with Crippen LogP contribution < -0.4 is 21.3 Å². The van der Waals surface area contributed by atoms with E-state index in [1.165, 1.54) is 0 Å². The number of nitrogens with one attached hydrogen (secondary N) is 4. The van der Waals surface area contributed by atoms with Gasteiger partial charge in [0.05, 0.1) is 52.9 Å². The van der Waals surface area contributed by atoms with Crippen molar-refractivity contribution in [2.24, 2.45) is 0 Å². The first-order chi connectivity index (χ1) is 15.9. The summed E-state index contributed by atoms with van der Waals surface area (Å²) in [6, 6.07) is -1.46. The molecule has 0 aliphatic carbocycles. The number of amides is 4. The van der Waals surface area contributed by atoms with E-state index >= 15 is 0 Å². The molecule has 2 atom stereocenters. The van der Waals surface area contributed by atoms with Crippen LogP contribution in [0.15, 0.2) is 0 Å². The van der Waals surface area contributed by atoms with Crippen LogP contribution in [0.3, 0.4) is 0 Å². The minimum atomic E-state index is -0.730. The summed E-state index contributed by atoms with van der Waals surface area (Å²) >= 11 is 0. The Bertz CT molecular complexity index is 556. The molecule has 13 heteroatoms. The summed E-state index contributed by atoms with van der Waals surface area (Å²) in [5.41, 5.74) is 0. The van der Waals surface area contributed by atoms with Crippen molar-refractivity contribution in [2.45, 2.75) is 25.9 Å². The van der Waals surface area contributed by atoms with Crippen molar-refractivity contribution in [1.82, 2.24) is 21.3 Å². The molecule has 1 saturated heterocycles. The maximum absolute atomic E-state index is 12.0. The molecule has 0 aromatic carbocycles. The second-order valence-electron chi connectivity index (χ2n) is 7.10. The molecule has 0 radical (unpaired) electrons. The molecule has 0 unspecified atom stereocenters. The van der Waals surface area contributed by atoms with Crippen LogP contribution in [0.1, 0.15) is 13.8 Å². The zero-order valence-electron chi connectivity index (χ0n) is 19.3. The van der Waals surface area contributed by atoms with E-state index in [4.69, 9.17) is 23.7 Å². The summed E-state index contributed by atoms with van der Waals surface area (Å²) in [5, 5.41) is 10.4. The molecule has 1 aliphatic heterocycles. The largest absolute Gasteiger partial charge is 0.377 e. The molecule has 1 fully saturated rings. The Morgan fingerprint density at radius 2 is 0.879 bits per heavy atom. The summed E-state index contributed by atoms with van der Waals surface area (Å²) in [7, 11) is 0. The number of hydrogen-bond donors (Lipinski definition) is 4. The van der Waals surface area contributed by atoms with Crippen LogP contribution in [0, 0.1) is 0 Å². The molecule has 0 spiro atoms. The highest BCUT2D eigenvalue weighted by Gasteiger charge is 2.16. The number of carbonyl (C=O) groups excluding carboxylic acids is 4. The SMILES string of the molecule is C[C@@H]1NC(=O)COCCOCC(=O)N[C@@H](C)C(=O)NCCOCCOCCOCCNC1=O. The summed E-state index contributed by atoms with van der Waals surface area (Å²) in [6.07, 6.45) is 0. The molecule has 13 nitrogen and oxygen atoms in total. The smallest absolute Gasteiger partial charge is 0.246 e. The maximum Gasteiger partial charge on any atom is 0.246 e. The van der Waals surface area contributed by atoms with Crippen LogP contribution in [0.2, 0.25) is 0 Å².